The maximum absolute atomic E-state index is 5.16. The first-order valence-corrected chi connectivity index (χ1v) is 2.30. The van der Waals surface area contributed by atoms with E-state index in [1.165, 1.54) is 0 Å². The van der Waals surface area contributed by atoms with Crippen molar-refractivity contribution in [2.75, 3.05) is 20.6 Å². The monoisotopic (exact) mass is 100 g/mol. The second-order valence-electron chi connectivity index (χ2n) is 1.58. The molecule has 42 valence electrons. The molecule has 0 unspecified atom stereocenters. The van der Waals surface area contributed by atoms with Crippen LogP contribution < -0.4 is 5.73 Å². The number of hydrogen-bond donors (Lipinski definition) is 1. The molecule has 0 aliphatic heterocycles. The summed E-state index contributed by atoms with van der Waals surface area (Å²) in [6, 6.07) is 0. The van der Waals surface area contributed by atoms with Crippen molar-refractivity contribution in [3.05, 3.63) is 12.3 Å². The van der Waals surface area contributed by atoms with Crippen LogP contribution in [0.3, 0.4) is 0 Å². The van der Waals surface area contributed by atoms with Gasteiger partial charge in [0.25, 0.3) is 0 Å². The van der Waals surface area contributed by atoms with Crippen molar-refractivity contribution < 1.29 is 0 Å². The first kappa shape index (κ1) is 6.50. The summed E-state index contributed by atoms with van der Waals surface area (Å²) in [5.74, 6) is 0. The zero-order valence-corrected chi connectivity index (χ0v) is 4.89. The van der Waals surface area contributed by atoms with Crippen LogP contribution in [0.2, 0.25) is 0 Å². The molecule has 0 radical (unpaired) electrons. The summed E-state index contributed by atoms with van der Waals surface area (Å²) in [5.41, 5.74) is 5.16. The van der Waals surface area contributed by atoms with Crippen LogP contribution in [0, 0.1) is 0 Å². The van der Waals surface area contributed by atoms with Gasteiger partial charge in [-0.25, -0.2) is 0 Å². The SMILES string of the molecule is CN(C)/C=C/CN. The number of hydrogen-bond acceptors (Lipinski definition) is 2. The van der Waals surface area contributed by atoms with Crippen LogP contribution in [0.1, 0.15) is 0 Å². The van der Waals surface area contributed by atoms with Crippen LogP contribution in [0.5, 0.6) is 0 Å². The maximum Gasteiger partial charge on any atom is 0.0124 e. The van der Waals surface area contributed by atoms with E-state index in [-0.39, 0.29) is 0 Å². The van der Waals surface area contributed by atoms with Crippen molar-refractivity contribution in [1.82, 2.24) is 4.90 Å². The Morgan fingerprint density at radius 3 is 2.29 bits per heavy atom. The molecule has 0 bridgehead atoms. The van der Waals surface area contributed by atoms with Gasteiger partial charge in [-0.15, -0.1) is 0 Å². The Labute approximate surface area is 44.6 Å². The van der Waals surface area contributed by atoms with Gasteiger partial charge in [0.2, 0.25) is 0 Å². The van der Waals surface area contributed by atoms with Crippen molar-refractivity contribution >= 4 is 0 Å². The smallest absolute Gasteiger partial charge is 0.0124 e. The van der Waals surface area contributed by atoms with E-state index < -0.39 is 0 Å². The predicted octanol–water partition coefficient (Wildman–Crippen LogP) is 0.0204. The molecule has 0 aliphatic carbocycles. The summed E-state index contributed by atoms with van der Waals surface area (Å²) in [7, 11) is 3.93. The summed E-state index contributed by atoms with van der Waals surface area (Å²) in [6.07, 6.45) is 3.83. The van der Waals surface area contributed by atoms with Gasteiger partial charge in [0.15, 0.2) is 0 Å². The summed E-state index contributed by atoms with van der Waals surface area (Å²) in [5, 5.41) is 0. The second kappa shape index (κ2) is 3.68. The van der Waals surface area contributed by atoms with Crippen LogP contribution in [-0.2, 0) is 0 Å². The molecule has 2 nitrogen and oxygen atoms in total. The highest BCUT2D eigenvalue weighted by molar-refractivity contribution is 4.79. The molecule has 0 rings (SSSR count). The Hall–Kier alpha value is -0.500. The average molecular weight is 100 g/mol. The van der Waals surface area contributed by atoms with E-state index in [2.05, 4.69) is 0 Å². The maximum atomic E-state index is 5.16. The largest absolute Gasteiger partial charge is 0.384 e. The Kier molecular flexibility index (Phi) is 3.42. The molecule has 0 saturated heterocycles. The molecule has 0 fully saturated rings. The standard InChI is InChI=1S/C5H12N2/c1-7(2)5-3-4-6/h3,5H,4,6H2,1-2H3/b5-3+. The molecule has 2 heteroatoms. The summed E-state index contributed by atoms with van der Waals surface area (Å²) < 4.78 is 0. The Bertz CT molecular complexity index is 57.1. The van der Waals surface area contributed by atoms with Crippen molar-refractivity contribution in [1.29, 1.82) is 0 Å². The van der Waals surface area contributed by atoms with Crippen LogP contribution in [0.15, 0.2) is 12.3 Å². The highest BCUT2D eigenvalue weighted by Crippen LogP contribution is 1.72. The lowest BCUT2D eigenvalue weighted by Gasteiger charge is -2.00. The molecule has 0 aromatic carbocycles. The van der Waals surface area contributed by atoms with Gasteiger partial charge in [-0.2, -0.15) is 0 Å². The number of nitrogens with zero attached hydrogens (tertiary/aromatic N) is 1. The number of rotatable bonds is 2. The Morgan fingerprint density at radius 2 is 2.14 bits per heavy atom. The lowest BCUT2D eigenvalue weighted by molar-refractivity contribution is 0.562. The van der Waals surface area contributed by atoms with E-state index >= 15 is 0 Å². The third kappa shape index (κ3) is 5.50. The third-order valence-electron chi connectivity index (χ3n) is 0.540. The van der Waals surface area contributed by atoms with Gasteiger partial charge in [0, 0.05) is 20.6 Å². The minimum Gasteiger partial charge on any atom is -0.384 e. The van der Waals surface area contributed by atoms with E-state index in [9.17, 15) is 0 Å². The lowest BCUT2D eigenvalue weighted by atomic mass is 10.6. The minimum absolute atomic E-state index is 0.623. The fourth-order valence-electron chi connectivity index (χ4n) is 0.272. The van der Waals surface area contributed by atoms with Gasteiger partial charge in [-0.05, 0) is 6.20 Å². The van der Waals surface area contributed by atoms with Crippen molar-refractivity contribution in [2.24, 2.45) is 5.73 Å². The van der Waals surface area contributed by atoms with Gasteiger partial charge < -0.3 is 10.6 Å². The highest BCUT2D eigenvalue weighted by Gasteiger charge is 1.69. The van der Waals surface area contributed by atoms with Crippen LogP contribution >= 0.6 is 0 Å². The van der Waals surface area contributed by atoms with Crippen molar-refractivity contribution in [3.8, 4) is 0 Å². The van der Waals surface area contributed by atoms with Crippen LogP contribution in [0.4, 0.5) is 0 Å². The lowest BCUT2D eigenvalue weighted by Crippen LogP contribution is -2.02. The summed E-state index contributed by atoms with van der Waals surface area (Å²) in [6.45, 7) is 0.623. The molecule has 0 saturated carbocycles. The minimum atomic E-state index is 0.623. The average Bonchev–Trinajstić information content (AvgIpc) is 1.61. The molecular weight excluding hydrogens is 88.1 g/mol. The topological polar surface area (TPSA) is 29.3 Å². The van der Waals surface area contributed by atoms with Crippen LogP contribution in [0.25, 0.3) is 0 Å². The molecule has 0 atom stereocenters. The first-order chi connectivity index (χ1) is 3.27. The molecule has 0 heterocycles. The van der Waals surface area contributed by atoms with E-state index in [0.29, 0.717) is 6.54 Å². The molecule has 2 N–H and O–H groups in total. The third-order valence-corrected chi connectivity index (χ3v) is 0.540. The Morgan fingerprint density at radius 1 is 1.57 bits per heavy atom. The summed E-state index contributed by atoms with van der Waals surface area (Å²) in [4.78, 5) is 1.95. The summed E-state index contributed by atoms with van der Waals surface area (Å²) >= 11 is 0. The molecule has 7 heavy (non-hydrogen) atoms. The van der Waals surface area contributed by atoms with E-state index in [1.807, 2.05) is 31.3 Å². The number of nitrogens with two attached hydrogens (primary N) is 1. The quantitative estimate of drug-likeness (QED) is 0.530. The fourth-order valence-corrected chi connectivity index (χ4v) is 0.272. The highest BCUT2D eigenvalue weighted by atomic mass is 15.0. The first-order valence-electron chi connectivity index (χ1n) is 2.30. The van der Waals surface area contributed by atoms with Gasteiger partial charge in [-0.1, -0.05) is 6.08 Å². The molecule has 0 aromatic heterocycles. The zero-order chi connectivity index (χ0) is 5.70. The zero-order valence-electron chi connectivity index (χ0n) is 4.89. The van der Waals surface area contributed by atoms with Gasteiger partial charge in [0.1, 0.15) is 0 Å². The van der Waals surface area contributed by atoms with Crippen molar-refractivity contribution in [2.45, 2.75) is 0 Å². The van der Waals surface area contributed by atoms with E-state index in [0.717, 1.165) is 0 Å². The van der Waals surface area contributed by atoms with Gasteiger partial charge in [-0.3, -0.25) is 0 Å². The van der Waals surface area contributed by atoms with E-state index in [4.69, 9.17) is 5.73 Å². The molecule has 0 spiro atoms. The van der Waals surface area contributed by atoms with Crippen LogP contribution in [-0.4, -0.2) is 25.5 Å². The molecular formula is C5H12N2. The molecule has 0 aliphatic rings. The fraction of sp³-hybridized carbons (Fsp3) is 0.600. The second-order valence-corrected chi connectivity index (χ2v) is 1.58. The van der Waals surface area contributed by atoms with Crippen molar-refractivity contribution in [3.63, 3.8) is 0 Å². The normalized spacial score (nSPS) is 10.1. The Balaban J connectivity index is 3.08. The van der Waals surface area contributed by atoms with E-state index in [1.54, 1.807) is 0 Å². The molecule has 0 aromatic rings. The van der Waals surface area contributed by atoms with Gasteiger partial charge >= 0.3 is 0 Å². The predicted molar refractivity (Wildman–Crippen MR) is 31.9 cm³/mol. The van der Waals surface area contributed by atoms with Gasteiger partial charge in [0.05, 0.1) is 0 Å². The molecule has 0 amide bonds.